The lowest BCUT2D eigenvalue weighted by molar-refractivity contribution is -0.132. The largest absolute Gasteiger partial charge is 0.347 e. The third kappa shape index (κ3) is 3.06. The zero-order chi connectivity index (χ0) is 14.9. The molecule has 2 rings (SSSR count). The Morgan fingerprint density at radius 2 is 2.00 bits per heavy atom. The zero-order valence-electron chi connectivity index (χ0n) is 11.4. The molecule has 0 spiro atoms. The van der Waals surface area contributed by atoms with Gasteiger partial charge in [-0.25, -0.2) is 0 Å². The first-order valence-corrected chi connectivity index (χ1v) is 7.97. The summed E-state index contributed by atoms with van der Waals surface area (Å²) in [5.41, 5.74) is 0.581. The summed E-state index contributed by atoms with van der Waals surface area (Å²) in [5, 5.41) is 0. The molecule has 0 aromatic heterocycles. The van der Waals surface area contributed by atoms with Crippen LogP contribution in [0.15, 0.2) is 27.1 Å². The Morgan fingerprint density at radius 1 is 1.30 bits per heavy atom. The van der Waals surface area contributed by atoms with Crippen molar-refractivity contribution in [1.29, 1.82) is 0 Å². The molecule has 0 saturated carbocycles. The first-order valence-electron chi connectivity index (χ1n) is 6.39. The van der Waals surface area contributed by atoms with Crippen LogP contribution in [0.1, 0.15) is 23.2 Å². The van der Waals surface area contributed by atoms with Gasteiger partial charge in [0.1, 0.15) is 6.04 Å². The lowest BCUT2D eigenvalue weighted by Gasteiger charge is -2.26. The maximum absolute atomic E-state index is 12.7. The van der Waals surface area contributed by atoms with E-state index in [1.165, 1.54) is 0 Å². The van der Waals surface area contributed by atoms with Crippen LogP contribution in [0.5, 0.6) is 0 Å². The van der Waals surface area contributed by atoms with E-state index >= 15 is 0 Å². The smallest absolute Gasteiger partial charge is 0.255 e. The molecule has 1 aliphatic rings. The number of likely N-dealkylation sites (tertiary alicyclic amines) is 1. The molecule has 0 radical (unpaired) electrons. The number of carbonyl (C=O) groups is 2. The maximum Gasteiger partial charge on any atom is 0.255 e. The molecule has 6 heteroatoms. The minimum atomic E-state index is -0.344. The van der Waals surface area contributed by atoms with Crippen LogP contribution in [0.2, 0.25) is 0 Å². The van der Waals surface area contributed by atoms with Crippen LogP contribution in [0.3, 0.4) is 0 Å². The van der Waals surface area contributed by atoms with Gasteiger partial charge in [-0.2, -0.15) is 0 Å². The van der Waals surface area contributed by atoms with Gasteiger partial charge in [-0.3, -0.25) is 9.59 Å². The minimum Gasteiger partial charge on any atom is -0.347 e. The molecule has 1 aromatic carbocycles. The molecule has 1 atom stereocenters. The SMILES string of the molecule is CN(C)C(=O)C1CCCN1C(=O)c1cc(Br)ccc1Br. The van der Waals surface area contributed by atoms with Gasteiger partial charge >= 0.3 is 0 Å². The fourth-order valence-corrected chi connectivity index (χ4v) is 3.16. The van der Waals surface area contributed by atoms with E-state index in [0.29, 0.717) is 12.1 Å². The van der Waals surface area contributed by atoms with Crippen LogP contribution in [0.25, 0.3) is 0 Å². The van der Waals surface area contributed by atoms with E-state index in [9.17, 15) is 9.59 Å². The molecular formula is C14H16Br2N2O2. The predicted molar refractivity (Wildman–Crippen MR) is 84.6 cm³/mol. The Labute approximate surface area is 135 Å². The topological polar surface area (TPSA) is 40.6 Å². The Bertz CT molecular complexity index is 546. The first-order chi connectivity index (χ1) is 9.41. The van der Waals surface area contributed by atoms with E-state index in [2.05, 4.69) is 31.9 Å². The predicted octanol–water partition coefficient (Wildman–Crippen LogP) is 2.90. The van der Waals surface area contributed by atoms with Crippen LogP contribution in [0, 0.1) is 0 Å². The number of likely N-dealkylation sites (N-methyl/N-ethyl adjacent to an activating group) is 1. The molecule has 1 unspecified atom stereocenters. The molecule has 4 nitrogen and oxygen atoms in total. The number of benzene rings is 1. The van der Waals surface area contributed by atoms with Gasteiger partial charge in [0.15, 0.2) is 0 Å². The van der Waals surface area contributed by atoms with Crippen LogP contribution >= 0.6 is 31.9 Å². The van der Waals surface area contributed by atoms with E-state index < -0.39 is 0 Å². The van der Waals surface area contributed by atoms with Crippen molar-refractivity contribution in [3.8, 4) is 0 Å². The molecule has 108 valence electrons. The first kappa shape index (κ1) is 15.5. The van der Waals surface area contributed by atoms with Gasteiger partial charge in [0, 0.05) is 29.6 Å². The molecule has 0 aliphatic carbocycles. The summed E-state index contributed by atoms with van der Waals surface area (Å²) in [6.07, 6.45) is 1.59. The molecule has 1 saturated heterocycles. The second-order valence-corrected chi connectivity index (χ2v) is 6.78. The van der Waals surface area contributed by atoms with E-state index in [1.54, 1.807) is 30.0 Å². The van der Waals surface area contributed by atoms with Gasteiger partial charge in [-0.05, 0) is 47.0 Å². The summed E-state index contributed by atoms with van der Waals surface area (Å²) >= 11 is 6.77. The van der Waals surface area contributed by atoms with Crippen molar-refractivity contribution in [2.24, 2.45) is 0 Å². The van der Waals surface area contributed by atoms with Gasteiger partial charge in [-0.15, -0.1) is 0 Å². The average Bonchev–Trinajstić information content (AvgIpc) is 2.88. The molecule has 1 aliphatic heterocycles. The van der Waals surface area contributed by atoms with Crippen molar-refractivity contribution in [1.82, 2.24) is 9.80 Å². The number of carbonyl (C=O) groups excluding carboxylic acids is 2. The van der Waals surface area contributed by atoms with Crippen molar-refractivity contribution in [2.45, 2.75) is 18.9 Å². The van der Waals surface area contributed by atoms with E-state index in [4.69, 9.17) is 0 Å². The quantitative estimate of drug-likeness (QED) is 0.761. The van der Waals surface area contributed by atoms with Crippen molar-refractivity contribution < 1.29 is 9.59 Å². The van der Waals surface area contributed by atoms with E-state index in [0.717, 1.165) is 21.8 Å². The monoisotopic (exact) mass is 402 g/mol. The summed E-state index contributed by atoms with van der Waals surface area (Å²) < 4.78 is 1.59. The number of hydrogen-bond acceptors (Lipinski definition) is 2. The highest BCUT2D eigenvalue weighted by Crippen LogP contribution is 2.27. The summed E-state index contributed by atoms with van der Waals surface area (Å²) in [4.78, 5) is 28.0. The normalized spacial score (nSPS) is 18.2. The van der Waals surface area contributed by atoms with Gasteiger partial charge in [0.2, 0.25) is 5.91 Å². The molecule has 20 heavy (non-hydrogen) atoms. The van der Waals surface area contributed by atoms with Gasteiger partial charge < -0.3 is 9.80 Å². The number of rotatable bonds is 2. The van der Waals surface area contributed by atoms with Crippen LogP contribution in [-0.4, -0.2) is 48.3 Å². The molecular weight excluding hydrogens is 388 g/mol. The van der Waals surface area contributed by atoms with Gasteiger partial charge in [0.25, 0.3) is 5.91 Å². The van der Waals surface area contributed by atoms with Gasteiger partial charge in [-0.1, -0.05) is 15.9 Å². The number of hydrogen-bond donors (Lipinski definition) is 0. The Hall–Kier alpha value is -0.880. The number of amides is 2. The summed E-state index contributed by atoms with van der Waals surface area (Å²) in [5.74, 6) is -0.113. The Kier molecular flexibility index (Phi) is 4.86. The third-order valence-corrected chi connectivity index (χ3v) is 4.58. The summed E-state index contributed by atoms with van der Waals surface area (Å²) in [7, 11) is 3.44. The average molecular weight is 404 g/mol. The highest BCUT2D eigenvalue weighted by Gasteiger charge is 2.35. The molecule has 0 bridgehead atoms. The van der Waals surface area contributed by atoms with Crippen molar-refractivity contribution in [3.05, 3.63) is 32.7 Å². The highest BCUT2D eigenvalue weighted by atomic mass is 79.9. The second kappa shape index (κ2) is 6.26. The molecule has 1 heterocycles. The van der Waals surface area contributed by atoms with Crippen LogP contribution < -0.4 is 0 Å². The van der Waals surface area contributed by atoms with Crippen LogP contribution in [-0.2, 0) is 4.79 Å². The lowest BCUT2D eigenvalue weighted by Crippen LogP contribution is -2.45. The highest BCUT2D eigenvalue weighted by molar-refractivity contribution is 9.11. The van der Waals surface area contributed by atoms with Crippen LogP contribution in [0.4, 0.5) is 0 Å². The van der Waals surface area contributed by atoms with Crippen molar-refractivity contribution in [3.63, 3.8) is 0 Å². The molecule has 0 N–H and O–H groups in total. The molecule has 1 fully saturated rings. The van der Waals surface area contributed by atoms with Gasteiger partial charge in [0.05, 0.1) is 5.56 Å². The lowest BCUT2D eigenvalue weighted by atomic mass is 10.1. The fraction of sp³-hybridized carbons (Fsp3) is 0.429. The molecule has 2 amide bonds. The fourth-order valence-electron chi connectivity index (χ4n) is 2.38. The summed E-state index contributed by atoms with van der Waals surface area (Å²) in [6.45, 7) is 0.627. The van der Waals surface area contributed by atoms with Crippen molar-refractivity contribution >= 4 is 43.7 Å². The second-order valence-electron chi connectivity index (χ2n) is 5.01. The van der Waals surface area contributed by atoms with Crippen molar-refractivity contribution in [2.75, 3.05) is 20.6 Å². The van der Waals surface area contributed by atoms with E-state index in [-0.39, 0.29) is 17.9 Å². The maximum atomic E-state index is 12.7. The minimum absolute atomic E-state index is 0.0121. The van der Waals surface area contributed by atoms with E-state index in [1.807, 2.05) is 12.1 Å². The summed E-state index contributed by atoms with van der Waals surface area (Å²) in [6, 6.07) is 5.13. The number of nitrogens with zero attached hydrogens (tertiary/aromatic N) is 2. The molecule has 1 aromatic rings. The standard InChI is InChI=1S/C14H16Br2N2O2/c1-17(2)14(20)12-4-3-7-18(12)13(19)10-8-9(15)5-6-11(10)16/h5-6,8,12H,3-4,7H2,1-2H3. The third-order valence-electron chi connectivity index (χ3n) is 3.40. The Morgan fingerprint density at radius 3 is 2.65 bits per heavy atom. The Balaban J connectivity index is 2.28. The number of halogens is 2. The zero-order valence-corrected chi connectivity index (χ0v) is 14.6.